The van der Waals surface area contributed by atoms with Gasteiger partial charge in [-0.05, 0) is 19.0 Å². The number of unbranched alkanes of at least 4 members (excludes halogenated alkanes) is 6. The Morgan fingerprint density at radius 1 is 1.12 bits per heavy atom. The zero-order valence-corrected chi connectivity index (χ0v) is 10.5. The average molecular weight is 223 g/mol. The van der Waals surface area contributed by atoms with E-state index < -0.39 is 0 Å². The molecule has 92 valence electrons. The number of aromatic amines is 1. The second-order valence-electron chi connectivity index (χ2n) is 4.38. The van der Waals surface area contributed by atoms with Crippen LogP contribution in [0.25, 0.3) is 0 Å². The van der Waals surface area contributed by atoms with Crippen molar-refractivity contribution in [2.45, 2.75) is 58.4 Å². The molecule has 1 aromatic heterocycles. The van der Waals surface area contributed by atoms with Crippen molar-refractivity contribution < 1.29 is 0 Å². The summed E-state index contributed by atoms with van der Waals surface area (Å²) < 4.78 is 0. The van der Waals surface area contributed by atoms with Crippen LogP contribution in [-0.4, -0.2) is 16.7 Å². The zero-order valence-electron chi connectivity index (χ0n) is 10.5. The molecule has 0 amide bonds. The lowest BCUT2D eigenvalue weighted by molar-refractivity contribution is 0.560. The van der Waals surface area contributed by atoms with Crippen molar-refractivity contribution in [1.29, 1.82) is 0 Å². The number of nitrogens with one attached hydrogen (secondary N) is 2. The highest BCUT2D eigenvalue weighted by atomic mass is 15.1. The molecule has 1 rings (SSSR count). The molecule has 0 aliphatic carbocycles. The Balaban J connectivity index is 1.78. The highest BCUT2D eigenvalue weighted by Gasteiger charge is 1.93. The smallest absolute Gasteiger partial charge is 0.0490 e. The second-order valence-corrected chi connectivity index (χ2v) is 4.38. The summed E-state index contributed by atoms with van der Waals surface area (Å²) in [5, 5.41) is 10.3. The van der Waals surface area contributed by atoms with E-state index in [9.17, 15) is 0 Å². The van der Waals surface area contributed by atoms with Crippen LogP contribution in [0.5, 0.6) is 0 Å². The maximum atomic E-state index is 3.91. The SMILES string of the molecule is CCCCCCCCCNCc1ccn[nH]1. The number of aromatic nitrogens is 2. The van der Waals surface area contributed by atoms with E-state index in [1.807, 2.05) is 6.07 Å². The van der Waals surface area contributed by atoms with Crippen LogP contribution in [0.3, 0.4) is 0 Å². The molecule has 0 bridgehead atoms. The first-order valence-corrected chi connectivity index (χ1v) is 6.62. The van der Waals surface area contributed by atoms with Gasteiger partial charge in [0.25, 0.3) is 0 Å². The van der Waals surface area contributed by atoms with Crippen LogP contribution < -0.4 is 5.32 Å². The van der Waals surface area contributed by atoms with Crippen LogP contribution >= 0.6 is 0 Å². The Morgan fingerprint density at radius 2 is 1.88 bits per heavy atom. The maximum absolute atomic E-state index is 3.91. The van der Waals surface area contributed by atoms with Gasteiger partial charge in [-0.2, -0.15) is 5.10 Å². The van der Waals surface area contributed by atoms with E-state index >= 15 is 0 Å². The lowest BCUT2D eigenvalue weighted by Crippen LogP contribution is -2.14. The van der Waals surface area contributed by atoms with Gasteiger partial charge in [-0.1, -0.05) is 45.4 Å². The molecule has 0 radical (unpaired) electrons. The summed E-state index contributed by atoms with van der Waals surface area (Å²) in [6, 6.07) is 2.01. The number of nitrogens with zero attached hydrogens (tertiary/aromatic N) is 1. The third kappa shape index (κ3) is 6.62. The molecule has 0 fully saturated rings. The normalized spacial score (nSPS) is 10.8. The summed E-state index contributed by atoms with van der Waals surface area (Å²) in [5.74, 6) is 0. The molecule has 3 heteroatoms. The van der Waals surface area contributed by atoms with Gasteiger partial charge in [0.05, 0.1) is 0 Å². The van der Waals surface area contributed by atoms with E-state index in [2.05, 4.69) is 22.4 Å². The Labute approximate surface area is 99.0 Å². The molecule has 0 saturated heterocycles. The molecule has 1 aromatic rings. The standard InChI is InChI=1S/C13H25N3/c1-2-3-4-5-6-7-8-10-14-12-13-9-11-15-16-13/h9,11,14H,2-8,10,12H2,1H3,(H,15,16). The molecule has 0 unspecified atom stereocenters. The first-order valence-electron chi connectivity index (χ1n) is 6.62. The van der Waals surface area contributed by atoms with Crippen molar-refractivity contribution in [3.8, 4) is 0 Å². The molecule has 0 aliphatic rings. The molecule has 3 nitrogen and oxygen atoms in total. The molecule has 16 heavy (non-hydrogen) atoms. The van der Waals surface area contributed by atoms with Crippen molar-refractivity contribution in [2.24, 2.45) is 0 Å². The van der Waals surface area contributed by atoms with E-state index in [-0.39, 0.29) is 0 Å². The Bertz CT molecular complexity index is 231. The van der Waals surface area contributed by atoms with Gasteiger partial charge in [0.1, 0.15) is 0 Å². The average Bonchev–Trinajstić information content (AvgIpc) is 2.80. The molecular formula is C13H25N3. The number of H-pyrrole nitrogens is 1. The molecule has 0 atom stereocenters. The third-order valence-corrected chi connectivity index (χ3v) is 2.83. The van der Waals surface area contributed by atoms with Crippen molar-refractivity contribution in [1.82, 2.24) is 15.5 Å². The van der Waals surface area contributed by atoms with E-state index in [0.29, 0.717) is 0 Å². The Hall–Kier alpha value is -0.830. The van der Waals surface area contributed by atoms with E-state index in [4.69, 9.17) is 0 Å². The third-order valence-electron chi connectivity index (χ3n) is 2.83. The fraction of sp³-hybridized carbons (Fsp3) is 0.769. The van der Waals surface area contributed by atoms with Crippen LogP contribution in [0, 0.1) is 0 Å². The van der Waals surface area contributed by atoms with Gasteiger partial charge in [0.15, 0.2) is 0 Å². The van der Waals surface area contributed by atoms with E-state index in [0.717, 1.165) is 13.1 Å². The van der Waals surface area contributed by atoms with E-state index in [1.54, 1.807) is 6.20 Å². The summed E-state index contributed by atoms with van der Waals surface area (Å²) in [7, 11) is 0. The van der Waals surface area contributed by atoms with Crippen molar-refractivity contribution in [2.75, 3.05) is 6.54 Å². The van der Waals surface area contributed by atoms with Gasteiger partial charge in [0, 0.05) is 18.4 Å². The number of hydrogen-bond donors (Lipinski definition) is 2. The summed E-state index contributed by atoms with van der Waals surface area (Å²) in [6.07, 6.45) is 11.4. The van der Waals surface area contributed by atoms with Crippen molar-refractivity contribution in [3.05, 3.63) is 18.0 Å². The first kappa shape index (κ1) is 13.2. The second kappa shape index (κ2) is 9.40. The minimum absolute atomic E-state index is 0.913. The van der Waals surface area contributed by atoms with Crippen LogP contribution in [0.15, 0.2) is 12.3 Å². The van der Waals surface area contributed by atoms with Crippen LogP contribution in [0.4, 0.5) is 0 Å². The highest BCUT2D eigenvalue weighted by molar-refractivity contribution is 4.96. The lowest BCUT2D eigenvalue weighted by Gasteiger charge is -2.03. The summed E-state index contributed by atoms with van der Waals surface area (Å²) in [6.45, 7) is 4.29. The number of hydrogen-bond acceptors (Lipinski definition) is 2. The van der Waals surface area contributed by atoms with Crippen LogP contribution in [0.2, 0.25) is 0 Å². The largest absolute Gasteiger partial charge is 0.311 e. The van der Waals surface area contributed by atoms with Crippen LogP contribution in [-0.2, 0) is 6.54 Å². The molecule has 0 aliphatic heterocycles. The maximum Gasteiger partial charge on any atom is 0.0490 e. The quantitative estimate of drug-likeness (QED) is 0.598. The monoisotopic (exact) mass is 223 g/mol. The van der Waals surface area contributed by atoms with Crippen molar-refractivity contribution >= 4 is 0 Å². The lowest BCUT2D eigenvalue weighted by atomic mass is 10.1. The fourth-order valence-corrected chi connectivity index (χ4v) is 1.81. The Morgan fingerprint density at radius 3 is 2.56 bits per heavy atom. The fourth-order valence-electron chi connectivity index (χ4n) is 1.81. The van der Waals surface area contributed by atoms with Gasteiger partial charge < -0.3 is 5.32 Å². The summed E-state index contributed by atoms with van der Waals surface area (Å²) in [5.41, 5.74) is 1.17. The van der Waals surface area contributed by atoms with Gasteiger partial charge in [0.2, 0.25) is 0 Å². The minimum Gasteiger partial charge on any atom is -0.311 e. The molecule has 1 heterocycles. The van der Waals surface area contributed by atoms with E-state index in [1.165, 1.54) is 50.6 Å². The Kier molecular flexibility index (Phi) is 7.78. The predicted octanol–water partition coefficient (Wildman–Crippen LogP) is 3.25. The molecule has 0 saturated carbocycles. The van der Waals surface area contributed by atoms with Gasteiger partial charge in [-0.15, -0.1) is 0 Å². The summed E-state index contributed by atoms with van der Waals surface area (Å²) in [4.78, 5) is 0. The van der Waals surface area contributed by atoms with Crippen LogP contribution in [0.1, 0.15) is 57.6 Å². The topological polar surface area (TPSA) is 40.7 Å². The highest BCUT2D eigenvalue weighted by Crippen LogP contribution is 2.06. The molecular weight excluding hydrogens is 198 g/mol. The minimum atomic E-state index is 0.913. The zero-order chi connectivity index (χ0) is 11.5. The molecule has 2 N–H and O–H groups in total. The van der Waals surface area contributed by atoms with Gasteiger partial charge in [-0.3, -0.25) is 5.10 Å². The van der Waals surface area contributed by atoms with Gasteiger partial charge in [-0.25, -0.2) is 0 Å². The number of rotatable bonds is 10. The first-order chi connectivity index (χ1) is 7.93. The van der Waals surface area contributed by atoms with Crippen molar-refractivity contribution in [3.63, 3.8) is 0 Å². The predicted molar refractivity (Wildman–Crippen MR) is 68.3 cm³/mol. The summed E-state index contributed by atoms with van der Waals surface area (Å²) >= 11 is 0. The molecule has 0 aromatic carbocycles. The molecule has 0 spiro atoms. The van der Waals surface area contributed by atoms with Gasteiger partial charge >= 0.3 is 0 Å².